The van der Waals surface area contributed by atoms with Crippen LogP contribution in [0.25, 0.3) is 0 Å². The molecular formula is C6H14N2O. The molecule has 0 bridgehead atoms. The van der Waals surface area contributed by atoms with Crippen molar-refractivity contribution in [3.63, 3.8) is 0 Å². The fourth-order valence-corrected chi connectivity index (χ4v) is 0.473. The lowest BCUT2D eigenvalue weighted by Crippen LogP contribution is -2.17. The summed E-state index contributed by atoms with van der Waals surface area (Å²) in [4.78, 5) is 4.03. The standard InChI is InChI=1S/C6H14N2O/c1-3-5-7-6(4-2)8-9/h9H,3-5H2,1-2H3,(H,7,8). The van der Waals surface area contributed by atoms with E-state index in [-0.39, 0.29) is 0 Å². The van der Waals surface area contributed by atoms with E-state index in [4.69, 9.17) is 5.21 Å². The van der Waals surface area contributed by atoms with E-state index < -0.39 is 0 Å². The molecule has 0 aromatic heterocycles. The molecule has 0 aliphatic carbocycles. The Morgan fingerprint density at radius 2 is 2.22 bits per heavy atom. The lowest BCUT2D eigenvalue weighted by molar-refractivity contribution is 0.231. The van der Waals surface area contributed by atoms with Crippen molar-refractivity contribution in [3.8, 4) is 0 Å². The summed E-state index contributed by atoms with van der Waals surface area (Å²) in [7, 11) is 0. The monoisotopic (exact) mass is 130 g/mol. The fourth-order valence-electron chi connectivity index (χ4n) is 0.473. The summed E-state index contributed by atoms with van der Waals surface area (Å²) in [6.07, 6.45) is 1.78. The van der Waals surface area contributed by atoms with Gasteiger partial charge in [0, 0.05) is 13.0 Å². The van der Waals surface area contributed by atoms with Crippen LogP contribution in [0.5, 0.6) is 0 Å². The van der Waals surface area contributed by atoms with Gasteiger partial charge in [0.1, 0.15) is 5.84 Å². The third-order valence-electron chi connectivity index (χ3n) is 0.990. The summed E-state index contributed by atoms with van der Waals surface area (Å²) in [5.74, 6) is 0.664. The van der Waals surface area contributed by atoms with E-state index >= 15 is 0 Å². The summed E-state index contributed by atoms with van der Waals surface area (Å²) < 4.78 is 0. The Morgan fingerprint density at radius 3 is 2.56 bits per heavy atom. The van der Waals surface area contributed by atoms with E-state index in [2.05, 4.69) is 4.99 Å². The molecule has 0 fully saturated rings. The second-order valence-corrected chi connectivity index (χ2v) is 1.79. The number of aliphatic imine (C=N–C) groups is 1. The Hall–Kier alpha value is -0.570. The zero-order chi connectivity index (χ0) is 7.11. The number of nitrogens with zero attached hydrogens (tertiary/aromatic N) is 1. The summed E-state index contributed by atoms with van der Waals surface area (Å²) in [5.41, 5.74) is 2.04. The summed E-state index contributed by atoms with van der Waals surface area (Å²) in [6.45, 7) is 4.78. The highest BCUT2D eigenvalue weighted by atomic mass is 16.5. The Morgan fingerprint density at radius 1 is 1.56 bits per heavy atom. The van der Waals surface area contributed by atoms with Gasteiger partial charge in [-0.15, -0.1) is 0 Å². The molecule has 0 rings (SSSR count). The van der Waals surface area contributed by atoms with Crippen molar-refractivity contribution in [2.24, 2.45) is 4.99 Å². The SMILES string of the molecule is CCCN=C(CC)NO. The van der Waals surface area contributed by atoms with Gasteiger partial charge in [0.2, 0.25) is 0 Å². The van der Waals surface area contributed by atoms with Crippen molar-refractivity contribution >= 4 is 5.84 Å². The topological polar surface area (TPSA) is 44.6 Å². The molecule has 0 atom stereocenters. The van der Waals surface area contributed by atoms with Crippen LogP contribution in [0.15, 0.2) is 4.99 Å². The number of nitrogens with one attached hydrogen (secondary N) is 1. The molecule has 0 unspecified atom stereocenters. The quantitative estimate of drug-likeness (QED) is 0.342. The molecule has 3 nitrogen and oxygen atoms in total. The molecule has 0 aliphatic rings. The molecule has 0 saturated heterocycles. The molecule has 0 spiro atoms. The average Bonchev–Trinajstić information content (AvgIpc) is 1.91. The van der Waals surface area contributed by atoms with Crippen LogP contribution in [0.4, 0.5) is 0 Å². The minimum absolute atomic E-state index is 0.664. The second kappa shape index (κ2) is 5.56. The predicted molar refractivity (Wildman–Crippen MR) is 37.8 cm³/mol. The average molecular weight is 130 g/mol. The second-order valence-electron chi connectivity index (χ2n) is 1.79. The van der Waals surface area contributed by atoms with E-state index in [0.29, 0.717) is 5.84 Å². The first-order valence-corrected chi connectivity index (χ1v) is 3.28. The predicted octanol–water partition coefficient (Wildman–Crippen LogP) is 1.18. The summed E-state index contributed by atoms with van der Waals surface area (Å²) >= 11 is 0. The number of rotatable bonds is 3. The summed E-state index contributed by atoms with van der Waals surface area (Å²) in [6, 6.07) is 0. The van der Waals surface area contributed by atoms with Crippen molar-refractivity contribution in [2.45, 2.75) is 26.7 Å². The molecule has 0 radical (unpaired) electrons. The molecule has 54 valence electrons. The van der Waals surface area contributed by atoms with Crippen LogP contribution in [0, 0.1) is 0 Å². The van der Waals surface area contributed by atoms with Crippen LogP contribution in [-0.2, 0) is 0 Å². The van der Waals surface area contributed by atoms with Crippen LogP contribution >= 0.6 is 0 Å². The number of hydrogen-bond acceptors (Lipinski definition) is 2. The van der Waals surface area contributed by atoms with Crippen LogP contribution in [0.1, 0.15) is 26.7 Å². The van der Waals surface area contributed by atoms with E-state index in [9.17, 15) is 0 Å². The van der Waals surface area contributed by atoms with Crippen LogP contribution < -0.4 is 5.48 Å². The minimum Gasteiger partial charge on any atom is -0.290 e. The maximum atomic E-state index is 8.37. The lowest BCUT2D eigenvalue weighted by atomic mass is 10.4. The lowest BCUT2D eigenvalue weighted by Gasteiger charge is -1.98. The number of hydrogen-bond donors (Lipinski definition) is 2. The first-order chi connectivity index (χ1) is 4.35. The van der Waals surface area contributed by atoms with Crippen molar-refractivity contribution in [3.05, 3.63) is 0 Å². The maximum Gasteiger partial charge on any atom is 0.120 e. The van der Waals surface area contributed by atoms with Gasteiger partial charge >= 0.3 is 0 Å². The van der Waals surface area contributed by atoms with Gasteiger partial charge in [-0.2, -0.15) is 0 Å². The number of amidine groups is 1. The first kappa shape index (κ1) is 8.43. The van der Waals surface area contributed by atoms with Crippen LogP contribution in [0.3, 0.4) is 0 Å². The van der Waals surface area contributed by atoms with E-state index in [1.165, 1.54) is 0 Å². The molecule has 3 heteroatoms. The van der Waals surface area contributed by atoms with Gasteiger partial charge in [-0.05, 0) is 6.42 Å². The molecule has 0 aliphatic heterocycles. The fraction of sp³-hybridized carbons (Fsp3) is 0.833. The summed E-state index contributed by atoms with van der Waals surface area (Å²) in [5, 5.41) is 8.37. The minimum atomic E-state index is 0.664. The highest BCUT2D eigenvalue weighted by molar-refractivity contribution is 5.80. The Labute approximate surface area is 55.8 Å². The highest BCUT2D eigenvalue weighted by Crippen LogP contribution is 1.83. The van der Waals surface area contributed by atoms with E-state index in [1.807, 2.05) is 19.3 Å². The molecule has 2 N–H and O–H groups in total. The Balaban J connectivity index is 3.48. The van der Waals surface area contributed by atoms with Crippen LogP contribution in [-0.4, -0.2) is 17.6 Å². The van der Waals surface area contributed by atoms with Gasteiger partial charge in [-0.3, -0.25) is 15.7 Å². The molecule has 0 aromatic carbocycles. The smallest absolute Gasteiger partial charge is 0.120 e. The van der Waals surface area contributed by atoms with Crippen LogP contribution in [0.2, 0.25) is 0 Å². The number of hydroxylamine groups is 1. The molecule has 0 saturated carbocycles. The van der Waals surface area contributed by atoms with E-state index in [1.54, 1.807) is 0 Å². The Bertz CT molecular complexity index is 85.1. The van der Waals surface area contributed by atoms with Crippen molar-refractivity contribution in [1.29, 1.82) is 0 Å². The van der Waals surface area contributed by atoms with Crippen molar-refractivity contribution in [1.82, 2.24) is 5.48 Å². The first-order valence-electron chi connectivity index (χ1n) is 3.28. The largest absolute Gasteiger partial charge is 0.290 e. The van der Waals surface area contributed by atoms with Gasteiger partial charge in [0.25, 0.3) is 0 Å². The molecule has 0 aromatic rings. The van der Waals surface area contributed by atoms with Gasteiger partial charge in [0.05, 0.1) is 0 Å². The van der Waals surface area contributed by atoms with E-state index in [0.717, 1.165) is 19.4 Å². The van der Waals surface area contributed by atoms with Crippen molar-refractivity contribution in [2.75, 3.05) is 6.54 Å². The zero-order valence-corrected chi connectivity index (χ0v) is 6.02. The normalized spacial score (nSPS) is 11.7. The Kier molecular flexibility index (Phi) is 5.21. The molecule has 9 heavy (non-hydrogen) atoms. The van der Waals surface area contributed by atoms with Gasteiger partial charge in [0.15, 0.2) is 0 Å². The van der Waals surface area contributed by atoms with Gasteiger partial charge in [-0.25, -0.2) is 0 Å². The third-order valence-corrected chi connectivity index (χ3v) is 0.990. The third kappa shape index (κ3) is 3.97. The van der Waals surface area contributed by atoms with Gasteiger partial charge in [-0.1, -0.05) is 13.8 Å². The highest BCUT2D eigenvalue weighted by Gasteiger charge is 1.87. The van der Waals surface area contributed by atoms with Gasteiger partial charge < -0.3 is 0 Å². The molecular weight excluding hydrogens is 116 g/mol. The van der Waals surface area contributed by atoms with Crippen molar-refractivity contribution < 1.29 is 5.21 Å². The zero-order valence-electron chi connectivity index (χ0n) is 6.02. The molecule has 0 heterocycles. The molecule has 0 amide bonds. The maximum absolute atomic E-state index is 8.37.